The minimum Gasteiger partial charge on any atom is -0.340 e. The van der Waals surface area contributed by atoms with E-state index in [1.165, 1.54) is 0 Å². The molecule has 5 rings (SSSR count). The highest BCUT2D eigenvalue weighted by atomic mass is 16.2. The zero-order chi connectivity index (χ0) is 18.4. The number of carbonyl (C=O) groups is 1. The Morgan fingerprint density at radius 3 is 2.67 bits per heavy atom. The molecule has 0 saturated carbocycles. The third kappa shape index (κ3) is 3.00. The summed E-state index contributed by atoms with van der Waals surface area (Å²) in [6, 6.07) is 14.0. The molecule has 2 aromatic rings. The van der Waals surface area contributed by atoms with Crippen LogP contribution in [0.2, 0.25) is 0 Å². The first-order chi connectivity index (χ1) is 13.2. The molecular formula is C22H25N3O2. The van der Waals surface area contributed by atoms with E-state index in [1.54, 1.807) is 6.07 Å². The van der Waals surface area contributed by atoms with Crippen LogP contribution in [0.3, 0.4) is 0 Å². The molecular weight excluding hydrogens is 338 g/mol. The number of fused-ring (bicyclic) bond motifs is 4. The summed E-state index contributed by atoms with van der Waals surface area (Å²) in [7, 11) is 0. The fraction of sp³-hybridized carbons (Fsp3) is 0.455. The topological polar surface area (TPSA) is 54.3 Å². The van der Waals surface area contributed by atoms with Crippen molar-refractivity contribution in [2.45, 2.75) is 37.8 Å². The maximum absolute atomic E-state index is 12.9. The Labute approximate surface area is 159 Å². The van der Waals surface area contributed by atoms with E-state index in [1.807, 2.05) is 39.8 Å². The van der Waals surface area contributed by atoms with E-state index in [0.29, 0.717) is 5.92 Å². The van der Waals surface area contributed by atoms with Gasteiger partial charge in [0, 0.05) is 37.3 Å². The van der Waals surface area contributed by atoms with Crippen LogP contribution in [0.25, 0.3) is 11.1 Å². The van der Waals surface area contributed by atoms with Crippen molar-refractivity contribution >= 4 is 5.91 Å². The summed E-state index contributed by atoms with van der Waals surface area (Å²) >= 11 is 0. The first kappa shape index (κ1) is 16.8. The van der Waals surface area contributed by atoms with Crippen LogP contribution in [0.15, 0.2) is 47.3 Å². The maximum atomic E-state index is 12.9. The van der Waals surface area contributed by atoms with Crippen LogP contribution in [0.1, 0.15) is 30.9 Å². The van der Waals surface area contributed by atoms with Gasteiger partial charge in [-0.25, -0.2) is 0 Å². The number of aromatic nitrogens is 1. The fourth-order valence-electron chi connectivity index (χ4n) is 5.05. The van der Waals surface area contributed by atoms with Crippen LogP contribution >= 0.6 is 0 Å². The molecule has 27 heavy (non-hydrogen) atoms. The molecule has 0 aliphatic carbocycles. The summed E-state index contributed by atoms with van der Waals surface area (Å²) in [5, 5.41) is 3.33. The van der Waals surface area contributed by atoms with Crippen molar-refractivity contribution in [2.75, 3.05) is 19.6 Å². The molecule has 2 saturated heterocycles. The number of carbonyl (C=O) groups excluding carboxylic acids is 1. The molecule has 1 aromatic carbocycles. The predicted octanol–water partition coefficient (Wildman–Crippen LogP) is 2.21. The molecule has 0 unspecified atom stereocenters. The second-order valence-electron chi connectivity index (χ2n) is 8.17. The van der Waals surface area contributed by atoms with E-state index < -0.39 is 0 Å². The molecule has 1 N–H and O–H groups in total. The van der Waals surface area contributed by atoms with Crippen molar-refractivity contribution in [1.82, 2.24) is 14.8 Å². The number of pyridine rings is 1. The average molecular weight is 363 g/mol. The van der Waals surface area contributed by atoms with Gasteiger partial charge in [0.2, 0.25) is 5.91 Å². The molecule has 3 atom stereocenters. The van der Waals surface area contributed by atoms with Crippen molar-refractivity contribution in [3.63, 3.8) is 0 Å². The van der Waals surface area contributed by atoms with Crippen molar-refractivity contribution < 1.29 is 4.79 Å². The normalized spacial score (nSPS) is 26.7. The summed E-state index contributed by atoms with van der Waals surface area (Å²) in [6.07, 6.45) is 3.09. The molecule has 0 spiro atoms. The number of nitrogens with one attached hydrogen (secondary N) is 1. The monoisotopic (exact) mass is 363 g/mol. The van der Waals surface area contributed by atoms with E-state index in [4.69, 9.17) is 0 Å². The third-order valence-electron chi connectivity index (χ3n) is 6.33. The highest BCUT2D eigenvalue weighted by molar-refractivity contribution is 5.82. The van der Waals surface area contributed by atoms with E-state index in [0.717, 1.165) is 62.3 Å². The molecule has 3 aliphatic heterocycles. The largest absolute Gasteiger partial charge is 0.340 e. The van der Waals surface area contributed by atoms with Crippen LogP contribution in [0, 0.1) is 5.92 Å². The Hall–Kier alpha value is -2.40. The zero-order valence-corrected chi connectivity index (χ0v) is 15.4. The number of likely N-dealkylation sites (tertiary alicyclic amines) is 1. The number of rotatable bonds is 2. The van der Waals surface area contributed by atoms with E-state index in [2.05, 4.69) is 11.4 Å². The van der Waals surface area contributed by atoms with Crippen molar-refractivity contribution in [1.29, 1.82) is 0 Å². The van der Waals surface area contributed by atoms with Crippen LogP contribution in [-0.2, 0) is 11.3 Å². The van der Waals surface area contributed by atoms with Gasteiger partial charge in [0.1, 0.15) is 0 Å². The third-order valence-corrected chi connectivity index (χ3v) is 6.33. The number of nitrogens with zero attached hydrogens (tertiary/aromatic N) is 2. The van der Waals surface area contributed by atoms with E-state index in [-0.39, 0.29) is 23.4 Å². The zero-order valence-electron chi connectivity index (χ0n) is 15.4. The van der Waals surface area contributed by atoms with Gasteiger partial charge in [-0.3, -0.25) is 9.59 Å². The molecule has 2 bridgehead atoms. The van der Waals surface area contributed by atoms with E-state index >= 15 is 0 Å². The van der Waals surface area contributed by atoms with Gasteiger partial charge in [0.25, 0.3) is 5.56 Å². The summed E-state index contributed by atoms with van der Waals surface area (Å²) in [5.41, 5.74) is 3.22. The van der Waals surface area contributed by atoms with Gasteiger partial charge in [0.15, 0.2) is 0 Å². The van der Waals surface area contributed by atoms with Gasteiger partial charge in [0.05, 0.1) is 6.04 Å². The molecule has 1 amide bonds. The minimum absolute atomic E-state index is 0.0123. The van der Waals surface area contributed by atoms with Crippen LogP contribution < -0.4 is 10.9 Å². The summed E-state index contributed by atoms with van der Waals surface area (Å²) in [6.45, 7) is 3.17. The highest BCUT2D eigenvalue weighted by Gasteiger charge is 2.38. The first-order valence-electron chi connectivity index (χ1n) is 10.0. The Bertz CT molecular complexity index is 915. The summed E-state index contributed by atoms with van der Waals surface area (Å²) < 4.78 is 1.95. The molecule has 140 valence electrons. The van der Waals surface area contributed by atoms with Gasteiger partial charge < -0.3 is 14.8 Å². The quantitative estimate of drug-likeness (QED) is 0.890. The second-order valence-corrected chi connectivity index (χ2v) is 8.17. The van der Waals surface area contributed by atoms with Crippen molar-refractivity contribution in [2.24, 2.45) is 5.92 Å². The van der Waals surface area contributed by atoms with Crippen LogP contribution in [0.4, 0.5) is 0 Å². The van der Waals surface area contributed by atoms with Gasteiger partial charge >= 0.3 is 0 Å². The molecule has 1 aromatic heterocycles. The highest BCUT2D eigenvalue weighted by Crippen LogP contribution is 2.37. The van der Waals surface area contributed by atoms with Crippen molar-refractivity contribution in [3.8, 4) is 11.1 Å². The minimum atomic E-state index is -0.0123. The predicted molar refractivity (Wildman–Crippen MR) is 105 cm³/mol. The summed E-state index contributed by atoms with van der Waals surface area (Å²) in [4.78, 5) is 27.7. The molecule has 3 aliphatic rings. The lowest BCUT2D eigenvalue weighted by Gasteiger charge is -2.43. The Morgan fingerprint density at radius 2 is 1.89 bits per heavy atom. The Balaban J connectivity index is 1.47. The molecule has 4 heterocycles. The van der Waals surface area contributed by atoms with Crippen LogP contribution in [-0.4, -0.2) is 41.1 Å². The number of piperidine rings is 1. The SMILES string of the molecule is O=C([C@@H]1CCCN1)N1C[C@@H]2C[C@H](C1)c1cc(-c3ccccc3)cc(=O)n1C2. The number of hydrogen-bond acceptors (Lipinski definition) is 3. The Morgan fingerprint density at radius 1 is 1.04 bits per heavy atom. The second kappa shape index (κ2) is 6.64. The van der Waals surface area contributed by atoms with Crippen molar-refractivity contribution in [3.05, 3.63) is 58.5 Å². The molecule has 5 nitrogen and oxygen atoms in total. The maximum Gasteiger partial charge on any atom is 0.251 e. The fourth-order valence-corrected chi connectivity index (χ4v) is 5.05. The number of amides is 1. The van der Waals surface area contributed by atoms with Gasteiger partial charge in [-0.2, -0.15) is 0 Å². The summed E-state index contributed by atoms with van der Waals surface area (Å²) in [5.74, 6) is 0.873. The standard InChI is InChI=1S/C22H25N3O2/c26-21-11-17(16-5-2-1-3-6-16)10-20-18-9-15(13-25(20)21)12-24(14-18)22(27)19-7-4-8-23-19/h1-3,5-6,10-11,15,18-19,23H,4,7-9,12-14H2/t15-,18+,19-/m0/s1. The van der Waals surface area contributed by atoms with Gasteiger partial charge in [-0.15, -0.1) is 0 Å². The first-order valence-corrected chi connectivity index (χ1v) is 10.0. The lowest BCUT2D eigenvalue weighted by molar-refractivity contribution is -0.135. The lowest BCUT2D eigenvalue weighted by atomic mass is 9.82. The Kier molecular flexibility index (Phi) is 4.12. The van der Waals surface area contributed by atoms with E-state index in [9.17, 15) is 9.59 Å². The molecule has 5 heteroatoms. The van der Waals surface area contributed by atoms with Crippen LogP contribution in [0.5, 0.6) is 0 Å². The number of hydrogen-bond donors (Lipinski definition) is 1. The van der Waals surface area contributed by atoms with Gasteiger partial charge in [-0.1, -0.05) is 30.3 Å². The average Bonchev–Trinajstić information content (AvgIpc) is 3.23. The lowest BCUT2D eigenvalue weighted by Crippen LogP contribution is -2.53. The molecule has 0 radical (unpaired) electrons. The van der Waals surface area contributed by atoms with Gasteiger partial charge in [-0.05, 0) is 48.9 Å². The molecule has 2 fully saturated rings. The number of benzene rings is 1. The smallest absolute Gasteiger partial charge is 0.251 e.